The fourth-order valence-electron chi connectivity index (χ4n) is 1.39. The van der Waals surface area contributed by atoms with Gasteiger partial charge in [0.25, 0.3) is 0 Å². The first-order valence-electron chi connectivity index (χ1n) is 4.98. The summed E-state index contributed by atoms with van der Waals surface area (Å²) in [7, 11) is 0. The van der Waals surface area contributed by atoms with Gasteiger partial charge in [0, 0.05) is 9.50 Å². The summed E-state index contributed by atoms with van der Waals surface area (Å²) in [5.74, 6) is 0.440. The molecule has 6 heteroatoms. The molecule has 4 nitrogen and oxygen atoms in total. The van der Waals surface area contributed by atoms with Gasteiger partial charge in [-0.15, -0.1) is 0 Å². The van der Waals surface area contributed by atoms with E-state index in [1.165, 1.54) is 6.20 Å². The SMILES string of the molecule is N#Cc1cc(N)cnc1Nc1cc(Cl)ccc1Br. The second-order valence-corrected chi connectivity index (χ2v) is 4.82. The number of nitrogens with one attached hydrogen (secondary N) is 1. The van der Waals surface area contributed by atoms with Crippen molar-refractivity contribution in [3.8, 4) is 6.07 Å². The van der Waals surface area contributed by atoms with E-state index in [1.54, 1.807) is 18.2 Å². The number of nitrogen functional groups attached to an aromatic ring is 1. The predicted octanol–water partition coefficient (Wildman–Crippen LogP) is 3.69. The van der Waals surface area contributed by atoms with E-state index in [0.717, 1.165) is 10.2 Å². The van der Waals surface area contributed by atoms with Crippen molar-refractivity contribution in [2.75, 3.05) is 11.1 Å². The number of nitriles is 1. The fourth-order valence-corrected chi connectivity index (χ4v) is 1.90. The third-order valence-corrected chi connectivity index (χ3v) is 3.14. The number of hydrogen-bond donors (Lipinski definition) is 2. The van der Waals surface area contributed by atoms with Gasteiger partial charge in [-0.05, 0) is 40.2 Å². The van der Waals surface area contributed by atoms with E-state index in [-0.39, 0.29) is 0 Å². The van der Waals surface area contributed by atoms with Crippen LogP contribution in [0.1, 0.15) is 5.56 Å². The van der Waals surface area contributed by atoms with Gasteiger partial charge in [-0.25, -0.2) is 4.98 Å². The summed E-state index contributed by atoms with van der Waals surface area (Å²) in [6, 6.07) is 8.92. The van der Waals surface area contributed by atoms with Gasteiger partial charge in [-0.3, -0.25) is 0 Å². The van der Waals surface area contributed by atoms with E-state index in [4.69, 9.17) is 22.6 Å². The third kappa shape index (κ3) is 2.73. The van der Waals surface area contributed by atoms with Crippen LogP contribution in [0.4, 0.5) is 17.2 Å². The molecular weight excluding hydrogens is 316 g/mol. The second-order valence-electron chi connectivity index (χ2n) is 3.53. The number of aromatic nitrogens is 1. The van der Waals surface area contributed by atoms with Gasteiger partial charge in [-0.2, -0.15) is 5.26 Å². The van der Waals surface area contributed by atoms with Crippen molar-refractivity contribution in [1.29, 1.82) is 5.26 Å². The van der Waals surface area contributed by atoms with Crippen molar-refractivity contribution < 1.29 is 0 Å². The Bertz CT molecular complexity index is 636. The van der Waals surface area contributed by atoms with E-state index in [2.05, 4.69) is 26.2 Å². The third-order valence-electron chi connectivity index (χ3n) is 2.21. The van der Waals surface area contributed by atoms with Crippen LogP contribution in [0.25, 0.3) is 0 Å². The summed E-state index contributed by atoms with van der Waals surface area (Å²) in [5.41, 5.74) is 7.13. The van der Waals surface area contributed by atoms with Gasteiger partial charge >= 0.3 is 0 Å². The highest BCUT2D eigenvalue weighted by Gasteiger charge is 2.07. The molecule has 90 valence electrons. The van der Waals surface area contributed by atoms with Crippen molar-refractivity contribution in [2.24, 2.45) is 0 Å². The van der Waals surface area contributed by atoms with Crippen LogP contribution in [0.5, 0.6) is 0 Å². The molecule has 1 aromatic heterocycles. The molecule has 0 spiro atoms. The lowest BCUT2D eigenvalue weighted by Gasteiger charge is -2.09. The minimum atomic E-state index is 0.377. The molecule has 0 bridgehead atoms. The molecule has 1 heterocycles. The van der Waals surface area contributed by atoms with E-state index < -0.39 is 0 Å². The Morgan fingerprint density at radius 3 is 2.89 bits per heavy atom. The predicted molar refractivity (Wildman–Crippen MR) is 75.8 cm³/mol. The van der Waals surface area contributed by atoms with Gasteiger partial charge in [0.05, 0.1) is 23.1 Å². The number of benzene rings is 1. The maximum Gasteiger partial charge on any atom is 0.148 e. The maximum atomic E-state index is 9.02. The van der Waals surface area contributed by atoms with Gasteiger partial charge in [-0.1, -0.05) is 11.6 Å². The largest absolute Gasteiger partial charge is 0.397 e. The highest BCUT2D eigenvalue weighted by atomic mass is 79.9. The molecule has 0 aliphatic heterocycles. The second kappa shape index (κ2) is 5.25. The van der Waals surface area contributed by atoms with Crippen LogP contribution in [-0.2, 0) is 0 Å². The Kier molecular flexibility index (Phi) is 3.70. The standard InChI is InChI=1S/C12H8BrClN4/c13-10-2-1-8(14)4-11(10)18-12-7(5-15)3-9(16)6-17-12/h1-4,6H,16H2,(H,17,18). The first kappa shape index (κ1) is 12.7. The van der Waals surface area contributed by atoms with E-state index in [0.29, 0.717) is 22.1 Å². The molecule has 0 unspecified atom stereocenters. The Hall–Kier alpha value is -1.77. The quantitative estimate of drug-likeness (QED) is 0.883. The van der Waals surface area contributed by atoms with Crippen LogP contribution >= 0.6 is 27.5 Å². The number of pyridine rings is 1. The molecule has 0 radical (unpaired) electrons. The number of rotatable bonds is 2. The van der Waals surface area contributed by atoms with Crippen LogP contribution in [0.15, 0.2) is 34.9 Å². The van der Waals surface area contributed by atoms with Crippen LogP contribution in [0, 0.1) is 11.3 Å². The summed E-state index contributed by atoms with van der Waals surface area (Å²) in [6.45, 7) is 0. The van der Waals surface area contributed by atoms with Crippen molar-refractivity contribution in [1.82, 2.24) is 4.98 Å². The number of hydrogen-bond acceptors (Lipinski definition) is 4. The molecule has 0 amide bonds. The van der Waals surface area contributed by atoms with Crippen LogP contribution in [-0.4, -0.2) is 4.98 Å². The van der Waals surface area contributed by atoms with Gasteiger partial charge in [0.15, 0.2) is 0 Å². The van der Waals surface area contributed by atoms with Crippen molar-refractivity contribution >= 4 is 44.7 Å². The molecule has 3 N–H and O–H groups in total. The molecular formula is C12H8BrClN4. The normalized spacial score (nSPS) is 9.83. The topological polar surface area (TPSA) is 74.7 Å². The summed E-state index contributed by atoms with van der Waals surface area (Å²) in [4.78, 5) is 4.09. The lowest BCUT2D eigenvalue weighted by molar-refractivity contribution is 1.28. The van der Waals surface area contributed by atoms with E-state index in [1.807, 2.05) is 12.1 Å². The molecule has 2 rings (SSSR count). The Labute approximate surface area is 118 Å². The van der Waals surface area contributed by atoms with Crippen LogP contribution < -0.4 is 11.1 Å². The number of anilines is 3. The first-order chi connectivity index (χ1) is 8.60. The number of halogens is 2. The van der Waals surface area contributed by atoms with Crippen LogP contribution in [0.3, 0.4) is 0 Å². The minimum Gasteiger partial charge on any atom is -0.397 e. The van der Waals surface area contributed by atoms with Gasteiger partial charge < -0.3 is 11.1 Å². The van der Waals surface area contributed by atoms with Crippen molar-refractivity contribution in [3.05, 3.63) is 45.5 Å². The highest BCUT2D eigenvalue weighted by Crippen LogP contribution is 2.29. The Morgan fingerprint density at radius 2 is 2.17 bits per heavy atom. The minimum absolute atomic E-state index is 0.377. The molecule has 0 saturated heterocycles. The molecule has 0 saturated carbocycles. The van der Waals surface area contributed by atoms with Crippen LogP contribution in [0.2, 0.25) is 5.02 Å². The van der Waals surface area contributed by atoms with Gasteiger partial charge in [0.2, 0.25) is 0 Å². The van der Waals surface area contributed by atoms with Crippen molar-refractivity contribution in [2.45, 2.75) is 0 Å². The molecule has 0 aliphatic rings. The Balaban J connectivity index is 2.40. The Morgan fingerprint density at radius 1 is 1.39 bits per heavy atom. The monoisotopic (exact) mass is 322 g/mol. The molecule has 2 aromatic rings. The lowest BCUT2D eigenvalue weighted by atomic mass is 10.2. The van der Waals surface area contributed by atoms with E-state index in [9.17, 15) is 0 Å². The highest BCUT2D eigenvalue weighted by molar-refractivity contribution is 9.10. The summed E-state index contributed by atoms with van der Waals surface area (Å²) >= 11 is 9.31. The van der Waals surface area contributed by atoms with E-state index >= 15 is 0 Å². The fraction of sp³-hybridized carbons (Fsp3) is 0. The number of nitrogens with zero attached hydrogens (tertiary/aromatic N) is 2. The zero-order valence-electron chi connectivity index (χ0n) is 9.11. The zero-order chi connectivity index (χ0) is 13.1. The van der Waals surface area contributed by atoms with Crippen molar-refractivity contribution in [3.63, 3.8) is 0 Å². The summed E-state index contributed by atoms with van der Waals surface area (Å²) < 4.78 is 0.828. The lowest BCUT2D eigenvalue weighted by Crippen LogP contribution is -1.99. The molecule has 0 aliphatic carbocycles. The molecule has 0 atom stereocenters. The first-order valence-corrected chi connectivity index (χ1v) is 6.15. The maximum absolute atomic E-state index is 9.02. The molecule has 0 fully saturated rings. The average molecular weight is 324 g/mol. The summed E-state index contributed by atoms with van der Waals surface area (Å²) in [5, 5.41) is 12.7. The molecule has 1 aromatic carbocycles. The summed E-state index contributed by atoms with van der Waals surface area (Å²) in [6.07, 6.45) is 1.49. The van der Waals surface area contributed by atoms with Gasteiger partial charge in [0.1, 0.15) is 11.9 Å². The average Bonchev–Trinajstić information content (AvgIpc) is 2.36. The number of nitrogens with two attached hydrogens (primary N) is 1. The smallest absolute Gasteiger partial charge is 0.148 e. The zero-order valence-corrected chi connectivity index (χ0v) is 11.5. The molecule has 18 heavy (non-hydrogen) atoms.